The number of nitrogens with zero attached hydrogens (tertiary/aromatic N) is 1. The Kier molecular flexibility index (Phi) is 4.17. The molecule has 23 heavy (non-hydrogen) atoms. The van der Waals surface area contributed by atoms with Crippen LogP contribution in [0.3, 0.4) is 0 Å². The summed E-state index contributed by atoms with van der Waals surface area (Å²) in [4.78, 5) is 12.5. The molecule has 0 bridgehead atoms. The Balaban J connectivity index is 2.08. The molecule has 0 unspecified atom stereocenters. The summed E-state index contributed by atoms with van der Waals surface area (Å²) in [6.07, 6.45) is 1.92. The molecule has 1 aliphatic heterocycles. The molecule has 2 aromatic rings. The molecule has 118 valence electrons. The lowest BCUT2D eigenvalue weighted by atomic mass is 10.1. The van der Waals surface area contributed by atoms with Gasteiger partial charge in [-0.15, -0.1) is 0 Å². The highest BCUT2D eigenvalue weighted by molar-refractivity contribution is 8.26. The Morgan fingerprint density at radius 1 is 1.09 bits per heavy atom. The van der Waals surface area contributed by atoms with Gasteiger partial charge in [0.2, 0.25) is 0 Å². The van der Waals surface area contributed by atoms with Crippen LogP contribution in [0.4, 0.5) is 0 Å². The number of thioether (sulfide) groups is 1. The number of aromatic nitrogens is 1. The van der Waals surface area contributed by atoms with Gasteiger partial charge in [-0.3, -0.25) is 4.79 Å². The van der Waals surface area contributed by atoms with Gasteiger partial charge in [0.05, 0.1) is 4.91 Å². The highest BCUT2D eigenvalue weighted by Crippen LogP contribution is 2.29. The van der Waals surface area contributed by atoms with Gasteiger partial charge in [0, 0.05) is 17.1 Å². The minimum absolute atomic E-state index is 0.115. The average molecular weight is 342 g/mol. The number of aryl methyl sites for hydroxylation is 3. The van der Waals surface area contributed by atoms with Gasteiger partial charge < -0.3 is 9.88 Å². The third-order valence-electron chi connectivity index (χ3n) is 3.86. The van der Waals surface area contributed by atoms with Crippen LogP contribution in [-0.4, -0.2) is 14.8 Å². The van der Waals surface area contributed by atoms with Crippen LogP contribution in [0.25, 0.3) is 11.8 Å². The summed E-state index contributed by atoms with van der Waals surface area (Å²) in [6, 6.07) is 8.63. The van der Waals surface area contributed by atoms with Gasteiger partial charge in [-0.25, -0.2) is 0 Å². The van der Waals surface area contributed by atoms with Crippen LogP contribution < -0.4 is 5.32 Å². The fourth-order valence-corrected chi connectivity index (χ4v) is 4.01. The normalized spacial score (nSPS) is 16.3. The molecule has 1 fully saturated rings. The van der Waals surface area contributed by atoms with E-state index in [1.807, 2.05) is 6.08 Å². The average Bonchev–Trinajstić information content (AvgIpc) is 2.88. The van der Waals surface area contributed by atoms with Crippen molar-refractivity contribution in [1.29, 1.82) is 0 Å². The summed E-state index contributed by atoms with van der Waals surface area (Å²) in [5, 5.41) is 2.65. The third kappa shape index (κ3) is 3.12. The number of carbonyl (C=O) groups excluding carboxylic acids is 1. The van der Waals surface area contributed by atoms with Crippen LogP contribution in [-0.2, 0) is 4.79 Å². The minimum atomic E-state index is -0.115. The molecule has 1 aromatic carbocycles. The standard InChI is InChI=1S/C18H18N2OS2/c1-10-5-11(2)7-15(6-10)20-12(3)8-14(13(20)4)9-16-17(21)19-18(22)23-16/h5-9H,1-4H3,(H,19,21,22)/b16-9-. The van der Waals surface area contributed by atoms with Crippen LogP contribution in [0.5, 0.6) is 0 Å². The number of amides is 1. The molecule has 5 heteroatoms. The van der Waals surface area contributed by atoms with Gasteiger partial charge >= 0.3 is 0 Å². The molecule has 0 aliphatic carbocycles. The maximum absolute atomic E-state index is 11.9. The number of thiocarbonyl (C=S) groups is 1. The zero-order valence-electron chi connectivity index (χ0n) is 13.6. The smallest absolute Gasteiger partial charge is 0.263 e. The van der Waals surface area contributed by atoms with Crippen molar-refractivity contribution >= 4 is 40.3 Å². The van der Waals surface area contributed by atoms with E-state index >= 15 is 0 Å². The second-order valence-electron chi connectivity index (χ2n) is 5.86. The van der Waals surface area contributed by atoms with Crippen molar-refractivity contribution in [3.63, 3.8) is 0 Å². The number of nitrogens with one attached hydrogen (secondary N) is 1. The van der Waals surface area contributed by atoms with E-state index in [1.54, 1.807) is 0 Å². The minimum Gasteiger partial charge on any atom is -0.318 e. The molecule has 1 N–H and O–H groups in total. The largest absolute Gasteiger partial charge is 0.318 e. The number of carbonyl (C=O) groups is 1. The summed E-state index contributed by atoms with van der Waals surface area (Å²) in [7, 11) is 0. The van der Waals surface area contributed by atoms with E-state index in [2.05, 4.69) is 61.8 Å². The number of hydrogen-bond donors (Lipinski definition) is 1. The lowest BCUT2D eigenvalue weighted by Crippen LogP contribution is -2.17. The first-order chi connectivity index (χ1) is 10.8. The summed E-state index contributed by atoms with van der Waals surface area (Å²) in [6.45, 7) is 8.37. The van der Waals surface area contributed by atoms with Crippen molar-refractivity contribution in [3.05, 3.63) is 57.2 Å². The highest BCUT2D eigenvalue weighted by Gasteiger charge is 2.23. The van der Waals surface area contributed by atoms with E-state index in [9.17, 15) is 4.79 Å². The van der Waals surface area contributed by atoms with Gasteiger partial charge in [0.15, 0.2) is 0 Å². The maximum Gasteiger partial charge on any atom is 0.263 e. The van der Waals surface area contributed by atoms with E-state index in [0.717, 1.165) is 22.6 Å². The first-order valence-electron chi connectivity index (χ1n) is 7.37. The van der Waals surface area contributed by atoms with E-state index in [4.69, 9.17) is 12.2 Å². The molecule has 0 spiro atoms. The summed E-state index contributed by atoms with van der Waals surface area (Å²) in [5.74, 6) is -0.115. The topological polar surface area (TPSA) is 34.0 Å². The van der Waals surface area contributed by atoms with Gasteiger partial charge in [-0.1, -0.05) is 30.0 Å². The predicted octanol–water partition coefficient (Wildman–Crippen LogP) is 4.20. The number of hydrogen-bond acceptors (Lipinski definition) is 3. The fraction of sp³-hybridized carbons (Fsp3) is 0.222. The molecule has 1 aromatic heterocycles. The summed E-state index contributed by atoms with van der Waals surface area (Å²) in [5.41, 5.74) is 6.94. The van der Waals surface area contributed by atoms with E-state index in [0.29, 0.717) is 9.23 Å². The Hall–Kier alpha value is -1.85. The van der Waals surface area contributed by atoms with Crippen molar-refractivity contribution in [2.45, 2.75) is 27.7 Å². The van der Waals surface area contributed by atoms with Crippen molar-refractivity contribution in [1.82, 2.24) is 9.88 Å². The quantitative estimate of drug-likeness (QED) is 0.656. The molecule has 2 heterocycles. The maximum atomic E-state index is 11.9. The van der Waals surface area contributed by atoms with Gasteiger partial charge in [0.25, 0.3) is 5.91 Å². The Bertz CT molecular complexity index is 842. The van der Waals surface area contributed by atoms with Crippen LogP contribution in [0, 0.1) is 27.7 Å². The molecule has 1 aliphatic rings. The van der Waals surface area contributed by atoms with E-state index in [-0.39, 0.29) is 5.91 Å². The Morgan fingerprint density at radius 2 is 1.74 bits per heavy atom. The lowest BCUT2D eigenvalue weighted by Gasteiger charge is -2.12. The van der Waals surface area contributed by atoms with Crippen molar-refractivity contribution < 1.29 is 4.79 Å². The zero-order valence-corrected chi connectivity index (χ0v) is 15.2. The Morgan fingerprint density at radius 3 is 2.30 bits per heavy atom. The van der Waals surface area contributed by atoms with Crippen molar-refractivity contribution in [2.75, 3.05) is 0 Å². The van der Waals surface area contributed by atoms with Gasteiger partial charge in [-0.2, -0.15) is 0 Å². The number of rotatable bonds is 2. The van der Waals surface area contributed by atoms with E-state index in [1.165, 1.54) is 22.9 Å². The summed E-state index contributed by atoms with van der Waals surface area (Å²) >= 11 is 6.36. The first-order valence-corrected chi connectivity index (χ1v) is 8.60. The van der Waals surface area contributed by atoms with Crippen LogP contribution >= 0.6 is 24.0 Å². The molecular formula is C18H18N2OS2. The van der Waals surface area contributed by atoms with Gasteiger partial charge in [0.1, 0.15) is 4.32 Å². The number of benzene rings is 1. The third-order valence-corrected chi connectivity index (χ3v) is 5.03. The molecule has 0 radical (unpaired) electrons. The summed E-state index contributed by atoms with van der Waals surface area (Å²) < 4.78 is 2.74. The molecule has 3 rings (SSSR count). The van der Waals surface area contributed by atoms with Crippen LogP contribution in [0.15, 0.2) is 29.2 Å². The van der Waals surface area contributed by atoms with E-state index < -0.39 is 0 Å². The predicted molar refractivity (Wildman–Crippen MR) is 101 cm³/mol. The van der Waals surface area contributed by atoms with Crippen LogP contribution in [0.2, 0.25) is 0 Å². The van der Waals surface area contributed by atoms with Gasteiger partial charge in [-0.05, 0) is 68.7 Å². The zero-order chi connectivity index (χ0) is 16.7. The SMILES string of the molecule is Cc1cc(C)cc(-n2c(C)cc(/C=C3\SC(=S)NC3=O)c2C)c1. The molecule has 1 amide bonds. The van der Waals surface area contributed by atoms with Crippen LogP contribution in [0.1, 0.15) is 28.1 Å². The van der Waals surface area contributed by atoms with Crippen molar-refractivity contribution in [2.24, 2.45) is 0 Å². The fourth-order valence-electron chi connectivity index (χ4n) is 2.97. The van der Waals surface area contributed by atoms with Crippen molar-refractivity contribution in [3.8, 4) is 5.69 Å². The molecule has 1 saturated heterocycles. The highest BCUT2D eigenvalue weighted by atomic mass is 32.2. The second kappa shape index (κ2) is 5.98. The Labute approximate surface area is 145 Å². The lowest BCUT2D eigenvalue weighted by molar-refractivity contribution is -0.115. The second-order valence-corrected chi connectivity index (χ2v) is 7.58. The first kappa shape index (κ1) is 16.0. The molecule has 0 atom stereocenters. The molecular weight excluding hydrogens is 324 g/mol. The molecule has 0 saturated carbocycles. The monoisotopic (exact) mass is 342 g/mol. The molecule has 3 nitrogen and oxygen atoms in total.